The summed E-state index contributed by atoms with van der Waals surface area (Å²) in [5, 5.41) is 0. The third-order valence-electron chi connectivity index (χ3n) is 2.94. The minimum absolute atomic E-state index is 0.00849. The van der Waals surface area contributed by atoms with E-state index in [0.29, 0.717) is 18.8 Å². The number of nitrogens with zero attached hydrogens (tertiary/aromatic N) is 1. The lowest BCUT2D eigenvalue weighted by molar-refractivity contribution is 0.115. The van der Waals surface area contributed by atoms with E-state index in [1.54, 1.807) is 25.3 Å². The summed E-state index contributed by atoms with van der Waals surface area (Å²) >= 11 is 0. The van der Waals surface area contributed by atoms with Crippen molar-refractivity contribution in [3.63, 3.8) is 0 Å². The van der Waals surface area contributed by atoms with Crippen LogP contribution in [0.1, 0.15) is 6.42 Å². The van der Waals surface area contributed by atoms with Gasteiger partial charge in [-0.15, -0.1) is 0 Å². The second-order valence-corrected chi connectivity index (χ2v) is 6.02. The topological polar surface area (TPSA) is 72.6 Å². The molecule has 0 bridgehead atoms. The number of sulfonamides is 1. The van der Waals surface area contributed by atoms with Crippen LogP contribution in [0.4, 0.5) is 5.69 Å². The highest BCUT2D eigenvalue weighted by Gasteiger charge is 2.32. The smallest absolute Gasteiger partial charge is 0.243 e. The molecule has 1 saturated heterocycles. The Morgan fingerprint density at radius 3 is 2.82 bits per heavy atom. The van der Waals surface area contributed by atoms with Crippen molar-refractivity contribution in [2.45, 2.75) is 17.4 Å². The van der Waals surface area contributed by atoms with E-state index in [1.165, 1.54) is 10.4 Å². The Labute approximate surface area is 101 Å². The van der Waals surface area contributed by atoms with Crippen molar-refractivity contribution < 1.29 is 13.2 Å². The number of hydrogen-bond acceptors (Lipinski definition) is 4. The number of methoxy groups -OCH3 is 1. The molecule has 0 amide bonds. The SMILES string of the molecule is COC1CCN(S(=O)(=O)c2cccc(N)c2)C1. The molecule has 0 radical (unpaired) electrons. The standard InChI is InChI=1S/C11H16N2O3S/c1-16-10-5-6-13(8-10)17(14,15)11-4-2-3-9(12)7-11/h2-4,7,10H,5-6,8,12H2,1H3. The van der Waals surface area contributed by atoms with Crippen LogP contribution in [-0.2, 0) is 14.8 Å². The molecule has 2 rings (SSSR count). The first-order valence-corrected chi connectivity index (χ1v) is 6.86. The second kappa shape index (κ2) is 4.64. The maximum atomic E-state index is 12.3. The van der Waals surface area contributed by atoms with Crippen molar-refractivity contribution in [3.05, 3.63) is 24.3 Å². The summed E-state index contributed by atoms with van der Waals surface area (Å²) in [4.78, 5) is 0.245. The Bertz CT molecular complexity index is 501. The minimum Gasteiger partial charge on any atom is -0.399 e. The van der Waals surface area contributed by atoms with Crippen molar-refractivity contribution in [1.82, 2.24) is 4.31 Å². The van der Waals surface area contributed by atoms with Gasteiger partial charge in [-0.25, -0.2) is 8.42 Å². The average molecular weight is 256 g/mol. The normalized spacial score (nSPS) is 21.8. The lowest BCUT2D eigenvalue weighted by Crippen LogP contribution is -2.30. The van der Waals surface area contributed by atoms with Gasteiger partial charge in [0.05, 0.1) is 11.0 Å². The molecule has 1 fully saturated rings. The molecule has 5 nitrogen and oxygen atoms in total. The monoisotopic (exact) mass is 256 g/mol. The number of ether oxygens (including phenoxy) is 1. The number of nitrogens with two attached hydrogens (primary N) is 1. The first-order valence-electron chi connectivity index (χ1n) is 5.42. The molecule has 1 aliphatic rings. The van der Waals surface area contributed by atoms with Crippen LogP contribution >= 0.6 is 0 Å². The average Bonchev–Trinajstić information content (AvgIpc) is 2.78. The zero-order valence-corrected chi connectivity index (χ0v) is 10.5. The van der Waals surface area contributed by atoms with Crippen LogP contribution in [0.2, 0.25) is 0 Å². The van der Waals surface area contributed by atoms with Crippen molar-refractivity contribution in [1.29, 1.82) is 0 Å². The van der Waals surface area contributed by atoms with Gasteiger partial charge in [0.15, 0.2) is 0 Å². The van der Waals surface area contributed by atoms with Crippen molar-refractivity contribution >= 4 is 15.7 Å². The van der Waals surface area contributed by atoms with Crippen LogP contribution in [0.15, 0.2) is 29.2 Å². The summed E-state index contributed by atoms with van der Waals surface area (Å²) in [6, 6.07) is 6.36. The fraction of sp³-hybridized carbons (Fsp3) is 0.455. The van der Waals surface area contributed by atoms with E-state index < -0.39 is 10.0 Å². The molecule has 1 atom stereocenters. The number of nitrogen functional groups attached to an aromatic ring is 1. The van der Waals surface area contributed by atoms with Gasteiger partial charge in [-0.3, -0.25) is 0 Å². The summed E-state index contributed by atoms with van der Waals surface area (Å²) < 4.78 is 31.1. The van der Waals surface area contributed by atoms with E-state index in [1.807, 2.05) is 0 Å². The highest BCUT2D eigenvalue weighted by molar-refractivity contribution is 7.89. The molecule has 1 heterocycles. The second-order valence-electron chi connectivity index (χ2n) is 4.08. The van der Waals surface area contributed by atoms with E-state index in [0.717, 1.165) is 6.42 Å². The molecule has 17 heavy (non-hydrogen) atoms. The van der Waals surface area contributed by atoms with Gasteiger partial charge in [0.25, 0.3) is 0 Å². The van der Waals surface area contributed by atoms with Crippen molar-refractivity contribution in [2.75, 3.05) is 25.9 Å². The molecule has 1 aliphatic heterocycles. The maximum Gasteiger partial charge on any atom is 0.243 e. The van der Waals surface area contributed by atoms with Gasteiger partial charge < -0.3 is 10.5 Å². The van der Waals surface area contributed by atoms with Gasteiger partial charge >= 0.3 is 0 Å². The molecule has 0 aliphatic carbocycles. The molecule has 6 heteroatoms. The third-order valence-corrected chi connectivity index (χ3v) is 4.80. The molecular formula is C11H16N2O3S. The molecule has 1 unspecified atom stereocenters. The largest absolute Gasteiger partial charge is 0.399 e. The molecule has 1 aromatic rings. The van der Waals surface area contributed by atoms with Crippen LogP contribution in [0.25, 0.3) is 0 Å². The third kappa shape index (κ3) is 2.43. The molecule has 2 N–H and O–H groups in total. The predicted octanol–water partition coefficient (Wildman–Crippen LogP) is 0.678. The summed E-state index contributed by atoms with van der Waals surface area (Å²) in [6.07, 6.45) is 0.726. The molecular weight excluding hydrogens is 240 g/mol. The summed E-state index contributed by atoms with van der Waals surface area (Å²) in [5.74, 6) is 0. The van der Waals surface area contributed by atoms with Gasteiger partial charge in [-0.2, -0.15) is 4.31 Å². The summed E-state index contributed by atoms with van der Waals surface area (Å²) in [7, 11) is -1.83. The first-order chi connectivity index (χ1) is 8.04. The Balaban J connectivity index is 2.25. The molecule has 94 valence electrons. The van der Waals surface area contributed by atoms with E-state index in [2.05, 4.69) is 0 Å². The van der Waals surface area contributed by atoms with Crippen molar-refractivity contribution in [2.24, 2.45) is 0 Å². The lowest BCUT2D eigenvalue weighted by Gasteiger charge is -2.16. The predicted molar refractivity (Wildman–Crippen MR) is 65.0 cm³/mol. The molecule has 0 saturated carbocycles. The fourth-order valence-electron chi connectivity index (χ4n) is 1.93. The Kier molecular flexibility index (Phi) is 3.37. The number of rotatable bonds is 3. The summed E-state index contributed by atoms with van der Waals surface area (Å²) in [5.41, 5.74) is 6.05. The van der Waals surface area contributed by atoms with Gasteiger partial charge in [0, 0.05) is 25.9 Å². The van der Waals surface area contributed by atoms with Crippen LogP contribution in [0.3, 0.4) is 0 Å². The zero-order chi connectivity index (χ0) is 12.5. The van der Waals surface area contributed by atoms with Crippen LogP contribution < -0.4 is 5.73 Å². The maximum absolute atomic E-state index is 12.3. The number of benzene rings is 1. The molecule has 1 aromatic carbocycles. The number of hydrogen-bond donors (Lipinski definition) is 1. The zero-order valence-electron chi connectivity index (χ0n) is 9.67. The Morgan fingerprint density at radius 2 is 2.24 bits per heavy atom. The van der Waals surface area contributed by atoms with Crippen LogP contribution in [0.5, 0.6) is 0 Å². The number of anilines is 1. The van der Waals surface area contributed by atoms with E-state index >= 15 is 0 Å². The highest BCUT2D eigenvalue weighted by Crippen LogP contribution is 2.23. The molecule has 0 spiro atoms. The molecule has 0 aromatic heterocycles. The van der Waals surface area contributed by atoms with E-state index in [4.69, 9.17) is 10.5 Å². The Hall–Kier alpha value is -1.11. The summed E-state index contributed by atoms with van der Waals surface area (Å²) in [6.45, 7) is 0.906. The van der Waals surface area contributed by atoms with Crippen LogP contribution in [0, 0.1) is 0 Å². The quantitative estimate of drug-likeness (QED) is 0.807. The van der Waals surface area contributed by atoms with E-state index in [-0.39, 0.29) is 11.0 Å². The van der Waals surface area contributed by atoms with Gasteiger partial charge in [0.2, 0.25) is 10.0 Å². The van der Waals surface area contributed by atoms with E-state index in [9.17, 15) is 8.42 Å². The minimum atomic E-state index is -3.43. The Morgan fingerprint density at radius 1 is 1.47 bits per heavy atom. The van der Waals surface area contributed by atoms with Gasteiger partial charge in [-0.1, -0.05) is 6.07 Å². The van der Waals surface area contributed by atoms with Crippen molar-refractivity contribution in [3.8, 4) is 0 Å². The fourth-order valence-corrected chi connectivity index (χ4v) is 3.47. The first kappa shape index (κ1) is 12.3. The highest BCUT2D eigenvalue weighted by atomic mass is 32.2. The van der Waals surface area contributed by atoms with Crippen LogP contribution in [-0.4, -0.2) is 39.0 Å². The lowest BCUT2D eigenvalue weighted by atomic mass is 10.3. The van der Waals surface area contributed by atoms with Gasteiger partial charge in [-0.05, 0) is 24.6 Å². The van der Waals surface area contributed by atoms with Gasteiger partial charge in [0.1, 0.15) is 0 Å².